The van der Waals surface area contributed by atoms with Crippen LogP contribution >= 0.6 is 0 Å². The van der Waals surface area contributed by atoms with Crippen molar-refractivity contribution in [2.24, 2.45) is 0 Å². The molecule has 0 aliphatic rings. The predicted octanol–water partition coefficient (Wildman–Crippen LogP) is 2.35. The van der Waals surface area contributed by atoms with E-state index in [1.54, 1.807) is 13.0 Å². The van der Waals surface area contributed by atoms with Gasteiger partial charge in [0.05, 0.1) is 23.8 Å². The third-order valence-electron chi connectivity index (χ3n) is 2.19. The normalized spacial score (nSPS) is 9.47. The van der Waals surface area contributed by atoms with Gasteiger partial charge in [0.15, 0.2) is 0 Å². The second kappa shape index (κ2) is 4.61. The zero-order valence-corrected chi connectivity index (χ0v) is 9.13. The van der Waals surface area contributed by atoms with Crippen LogP contribution in [0.2, 0.25) is 0 Å². The Morgan fingerprint density at radius 2 is 2.07 bits per heavy atom. The molecule has 0 aliphatic heterocycles. The minimum Gasteiger partial charge on any atom is -0.462 e. The summed E-state index contributed by atoms with van der Waals surface area (Å²) >= 11 is 0. The molecule has 78 valence electrons. The van der Waals surface area contributed by atoms with E-state index < -0.39 is 0 Å². The van der Waals surface area contributed by atoms with Crippen molar-refractivity contribution < 1.29 is 9.53 Å². The number of hydrogen-bond acceptors (Lipinski definition) is 3. The van der Waals surface area contributed by atoms with Gasteiger partial charge in [0.25, 0.3) is 0 Å². The molecule has 0 N–H and O–H groups in total. The standard InChI is InChI=1S/C12H13NO2/c1-4-15-12(14)11-6-10(7-13)8(2)5-9(11)3/h5-6H,4H2,1-3H3. The van der Waals surface area contributed by atoms with Crippen LogP contribution in [0, 0.1) is 25.2 Å². The second-order valence-corrected chi connectivity index (χ2v) is 3.31. The van der Waals surface area contributed by atoms with Gasteiger partial charge in [-0.3, -0.25) is 0 Å². The maximum atomic E-state index is 11.5. The van der Waals surface area contributed by atoms with Gasteiger partial charge in [-0.2, -0.15) is 5.26 Å². The van der Waals surface area contributed by atoms with Crippen LogP contribution in [0.1, 0.15) is 34.0 Å². The number of carbonyl (C=O) groups is 1. The quantitative estimate of drug-likeness (QED) is 0.693. The summed E-state index contributed by atoms with van der Waals surface area (Å²) in [6.07, 6.45) is 0. The van der Waals surface area contributed by atoms with Crippen molar-refractivity contribution in [3.63, 3.8) is 0 Å². The maximum absolute atomic E-state index is 11.5. The lowest BCUT2D eigenvalue weighted by Gasteiger charge is -2.07. The molecule has 0 spiro atoms. The average Bonchev–Trinajstić information content (AvgIpc) is 2.18. The molecule has 0 aliphatic carbocycles. The highest BCUT2D eigenvalue weighted by Gasteiger charge is 2.12. The Balaban J connectivity index is 3.20. The Kier molecular flexibility index (Phi) is 3.46. The number of carbonyl (C=O) groups excluding carboxylic acids is 1. The lowest BCUT2D eigenvalue weighted by Crippen LogP contribution is -2.07. The Labute approximate surface area is 89.3 Å². The number of nitriles is 1. The Bertz CT molecular complexity index is 430. The predicted molar refractivity (Wildman–Crippen MR) is 56.6 cm³/mol. The van der Waals surface area contributed by atoms with E-state index in [4.69, 9.17) is 10.00 Å². The summed E-state index contributed by atoms with van der Waals surface area (Å²) in [5, 5.41) is 8.84. The highest BCUT2D eigenvalue weighted by Crippen LogP contribution is 2.16. The monoisotopic (exact) mass is 203 g/mol. The first-order valence-electron chi connectivity index (χ1n) is 4.78. The molecule has 0 saturated carbocycles. The molecule has 1 rings (SSSR count). The summed E-state index contributed by atoms with van der Waals surface area (Å²) in [7, 11) is 0. The number of hydrogen-bond donors (Lipinski definition) is 0. The van der Waals surface area contributed by atoms with Gasteiger partial charge in [-0.25, -0.2) is 4.79 Å². The molecular formula is C12H13NO2. The Morgan fingerprint density at radius 1 is 1.40 bits per heavy atom. The Hall–Kier alpha value is -1.82. The van der Waals surface area contributed by atoms with Crippen LogP contribution in [0.5, 0.6) is 0 Å². The number of ether oxygens (including phenoxy) is 1. The van der Waals surface area contributed by atoms with Crippen molar-refractivity contribution in [2.45, 2.75) is 20.8 Å². The lowest BCUT2D eigenvalue weighted by molar-refractivity contribution is 0.0525. The van der Waals surface area contributed by atoms with Gasteiger partial charge in [0, 0.05) is 0 Å². The minimum absolute atomic E-state index is 0.341. The first kappa shape index (κ1) is 11.3. The number of nitrogens with zero attached hydrogens (tertiary/aromatic N) is 1. The molecule has 0 radical (unpaired) electrons. The van der Waals surface area contributed by atoms with Gasteiger partial charge in [0.1, 0.15) is 0 Å². The number of esters is 1. The average molecular weight is 203 g/mol. The van der Waals surface area contributed by atoms with Crippen molar-refractivity contribution in [3.05, 3.63) is 34.4 Å². The molecule has 0 bridgehead atoms. The maximum Gasteiger partial charge on any atom is 0.338 e. The summed E-state index contributed by atoms with van der Waals surface area (Å²) < 4.78 is 4.90. The molecule has 0 saturated heterocycles. The molecule has 1 aromatic carbocycles. The van der Waals surface area contributed by atoms with E-state index in [2.05, 4.69) is 6.07 Å². The molecule has 0 unspecified atom stereocenters. The van der Waals surface area contributed by atoms with Gasteiger partial charge in [-0.15, -0.1) is 0 Å². The van der Waals surface area contributed by atoms with Crippen molar-refractivity contribution in [1.82, 2.24) is 0 Å². The van der Waals surface area contributed by atoms with Crippen LogP contribution in [0.4, 0.5) is 0 Å². The van der Waals surface area contributed by atoms with Gasteiger partial charge >= 0.3 is 5.97 Å². The first-order chi connectivity index (χ1) is 7.10. The SMILES string of the molecule is CCOC(=O)c1cc(C#N)c(C)cc1C. The lowest BCUT2D eigenvalue weighted by atomic mass is 10.0. The number of rotatable bonds is 2. The minimum atomic E-state index is -0.369. The molecule has 1 aromatic rings. The molecule has 0 amide bonds. The van der Waals surface area contributed by atoms with Crippen molar-refractivity contribution in [2.75, 3.05) is 6.61 Å². The summed E-state index contributed by atoms with van der Waals surface area (Å²) in [6, 6.07) is 5.46. The van der Waals surface area contributed by atoms with Crippen molar-refractivity contribution in [3.8, 4) is 6.07 Å². The van der Waals surface area contributed by atoms with E-state index in [1.165, 1.54) is 0 Å². The first-order valence-corrected chi connectivity index (χ1v) is 4.78. The van der Waals surface area contributed by atoms with E-state index in [9.17, 15) is 4.79 Å². The zero-order chi connectivity index (χ0) is 11.4. The molecule has 3 heteroatoms. The van der Waals surface area contributed by atoms with Crippen LogP contribution in [0.3, 0.4) is 0 Å². The number of aryl methyl sites for hydroxylation is 2. The van der Waals surface area contributed by atoms with Crippen molar-refractivity contribution in [1.29, 1.82) is 5.26 Å². The van der Waals surface area contributed by atoms with Gasteiger partial charge in [-0.05, 0) is 38.0 Å². The Morgan fingerprint density at radius 3 is 2.60 bits per heavy atom. The smallest absolute Gasteiger partial charge is 0.338 e. The molecule has 15 heavy (non-hydrogen) atoms. The van der Waals surface area contributed by atoms with Crippen molar-refractivity contribution >= 4 is 5.97 Å². The molecule has 3 nitrogen and oxygen atoms in total. The fourth-order valence-electron chi connectivity index (χ4n) is 1.40. The fourth-order valence-corrected chi connectivity index (χ4v) is 1.40. The van der Waals surface area contributed by atoms with E-state index in [0.29, 0.717) is 17.7 Å². The highest BCUT2D eigenvalue weighted by molar-refractivity contribution is 5.91. The summed E-state index contributed by atoms with van der Waals surface area (Å²) in [6.45, 7) is 5.78. The summed E-state index contributed by atoms with van der Waals surface area (Å²) in [5.41, 5.74) is 2.70. The molecule has 0 heterocycles. The van der Waals surface area contributed by atoms with E-state index in [1.807, 2.05) is 19.9 Å². The number of benzene rings is 1. The van der Waals surface area contributed by atoms with Crippen LogP contribution in [0.15, 0.2) is 12.1 Å². The zero-order valence-electron chi connectivity index (χ0n) is 9.13. The largest absolute Gasteiger partial charge is 0.462 e. The van der Waals surface area contributed by atoms with Crippen LogP contribution < -0.4 is 0 Å². The molecule has 0 aromatic heterocycles. The third-order valence-corrected chi connectivity index (χ3v) is 2.19. The van der Waals surface area contributed by atoms with E-state index >= 15 is 0 Å². The van der Waals surface area contributed by atoms with E-state index in [-0.39, 0.29) is 5.97 Å². The molecular weight excluding hydrogens is 190 g/mol. The van der Waals surface area contributed by atoms with Crippen LogP contribution in [-0.2, 0) is 4.74 Å². The van der Waals surface area contributed by atoms with Gasteiger partial charge in [0.2, 0.25) is 0 Å². The molecule has 0 atom stereocenters. The van der Waals surface area contributed by atoms with Gasteiger partial charge < -0.3 is 4.74 Å². The fraction of sp³-hybridized carbons (Fsp3) is 0.333. The highest BCUT2D eigenvalue weighted by atomic mass is 16.5. The van der Waals surface area contributed by atoms with E-state index in [0.717, 1.165) is 11.1 Å². The summed E-state index contributed by atoms with van der Waals surface area (Å²) in [5.74, 6) is -0.369. The summed E-state index contributed by atoms with van der Waals surface area (Å²) in [4.78, 5) is 11.5. The third kappa shape index (κ3) is 2.35. The van der Waals surface area contributed by atoms with Gasteiger partial charge in [-0.1, -0.05) is 6.07 Å². The van der Waals surface area contributed by atoms with Crippen LogP contribution in [-0.4, -0.2) is 12.6 Å². The molecule has 0 fully saturated rings. The van der Waals surface area contributed by atoms with Crippen LogP contribution in [0.25, 0.3) is 0 Å². The topological polar surface area (TPSA) is 50.1 Å². The second-order valence-electron chi connectivity index (χ2n) is 3.31.